The van der Waals surface area contributed by atoms with Crippen molar-refractivity contribution >= 4 is 0 Å². The molecule has 0 radical (unpaired) electrons. The number of aromatic nitrogens is 2. The summed E-state index contributed by atoms with van der Waals surface area (Å²) in [5.74, 6) is -3.01. The molecule has 60 valence electrons. The van der Waals surface area contributed by atoms with Crippen molar-refractivity contribution in [1.29, 1.82) is 0 Å². The third-order valence-corrected chi connectivity index (χ3v) is 1.24. The molecule has 0 unspecified atom stereocenters. The number of rotatable bonds is 2. The van der Waals surface area contributed by atoms with Crippen LogP contribution in [0.5, 0.6) is 0 Å². The highest BCUT2D eigenvalue weighted by Gasteiger charge is 2.29. The first kappa shape index (κ1) is 8.00. The highest BCUT2D eigenvalue weighted by molar-refractivity contribution is 5.10. The van der Waals surface area contributed by atoms with Crippen LogP contribution in [-0.2, 0) is 5.92 Å². The van der Waals surface area contributed by atoms with E-state index in [1.54, 1.807) is 0 Å². The lowest BCUT2D eigenvalue weighted by Crippen LogP contribution is -2.25. The van der Waals surface area contributed by atoms with Gasteiger partial charge in [0, 0.05) is 12.4 Å². The van der Waals surface area contributed by atoms with E-state index in [2.05, 4.69) is 9.97 Å². The molecule has 0 atom stereocenters. The molecule has 0 bridgehead atoms. The summed E-state index contributed by atoms with van der Waals surface area (Å²) < 4.78 is 25.4. The standard InChI is InChI=1S/C6H7F2N3/c7-6(8,3-9)5-1-10-4-11-2-5/h1-2,4H,3,9H2. The normalized spacial score (nSPS) is 11.5. The van der Waals surface area contributed by atoms with Crippen molar-refractivity contribution in [3.05, 3.63) is 24.3 Å². The first-order valence-electron chi connectivity index (χ1n) is 3.00. The average Bonchev–Trinajstić information content (AvgIpc) is 2.06. The molecule has 1 aromatic rings. The van der Waals surface area contributed by atoms with Crippen LogP contribution in [0.1, 0.15) is 5.56 Å². The van der Waals surface area contributed by atoms with E-state index in [-0.39, 0.29) is 5.56 Å². The third kappa shape index (κ3) is 1.68. The Hall–Kier alpha value is -1.10. The maximum absolute atomic E-state index is 12.7. The van der Waals surface area contributed by atoms with Crippen LogP contribution in [-0.4, -0.2) is 16.5 Å². The Kier molecular flexibility index (Phi) is 2.09. The fourth-order valence-corrected chi connectivity index (χ4v) is 0.606. The SMILES string of the molecule is NCC(F)(F)c1cncnc1. The van der Waals surface area contributed by atoms with Crippen LogP contribution in [0.4, 0.5) is 8.78 Å². The van der Waals surface area contributed by atoms with E-state index in [0.717, 1.165) is 12.4 Å². The van der Waals surface area contributed by atoms with Crippen molar-refractivity contribution in [1.82, 2.24) is 9.97 Å². The van der Waals surface area contributed by atoms with Gasteiger partial charge >= 0.3 is 0 Å². The first-order chi connectivity index (χ1) is 5.17. The average molecular weight is 159 g/mol. The number of nitrogens with two attached hydrogens (primary N) is 1. The molecule has 0 aromatic carbocycles. The van der Waals surface area contributed by atoms with Crippen LogP contribution >= 0.6 is 0 Å². The highest BCUT2D eigenvalue weighted by Crippen LogP contribution is 2.24. The second kappa shape index (κ2) is 2.87. The van der Waals surface area contributed by atoms with Crippen molar-refractivity contribution in [2.75, 3.05) is 6.54 Å². The fraction of sp³-hybridized carbons (Fsp3) is 0.333. The molecule has 0 saturated heterocycles. The zero-order valence-electron chi connectivity index (χ0n) is 5.67. The van der Waals surface area contributed by atoms with Gasteiger partial charge in [-0.1, -0.05) is 0 Å². The highest BCUT2D eigenvalue weighted by atomic mass is 19.3. The topological polar surface area (TPSA) is 51.8 Å². The second-order valence-corrected chi connectivity index (χ2v) is 2.04. The molecule has 1 aromatic heterocycles. The number of nitrogens with zero attached hydrogens (tertiary/aromatic N) is 2. The maximum Gasteiger partial charge on any atom is 0.288 e. The minimum absolute atomic E-state index is 0.248. The molecule has 0 aliphatic carbocycles. The summed E-state index contributed by atoms with van der Waals surface area (Å²) in [6.07, 6.45) is 3.30. The predicted octanol–water partition coefficient (Wildman–Crippen LogP) is 0.527. The first-order valence-corrected chi connectivity index (χ1v) is 3.00. The summed E-state index contributed by atoms with van der Waals surface area (Å²) in [5, 5.41) is 0. The van der Waals surface area contributed by atoms with E-state index in [4.69, 9.17) is 5.73 Å². The van der Waals surface area contributed by atoms with E-state index in [9.17, 15) is 8.78 Å². The molecule has 1 heterocycles. The summed E-state index contributed by atoms with van der Waals surface area (Å²) in [7, 11) is 0. The smallest absolute Gasteiger partial charge is 0.288 e. The number of hydrogen-bond acceptors (Lipinski definition) is 3. The molecular formula is C6H7F2N3. The quantitative estimate of drug-likeness (QED) is 0.684. The molecule has 0 aliphatic heterocycles. The molecular weight excluding hydrogens is 152 g/mol. The Morgan fingerprint density at radius 2 is 1.91 bits per heavy atom. The van der Waals surface area contributed by atoms with Gasteiger partial charge in [-0.3, -0.25) is 0 Å². The van der Waals surface area contributed by atoms with E-state index in [1.807, 2.05) is 0 Å². The van der Waals surface area contributed by atoms with Gasteiger partial charge in [0.1, 0.15) is 6.33 Å². The minimum Gasteiger partial charge on any atom is -0.325 e. The molecule has 0 amide bonds. The molecule has 1 rings (SSSR count). The van der Waals surface area contributed by atoms with Crippen molar-refractivity contribution in [3.63, 3.8) is 0 Å². The molecule has 2 N–H and O–H groups in total. The zero-order valence-corrected chi connectivity index (χ0v) is 5.67. The summed E-state index contributed by atoms with van der Waals surface area (Å²) in [6, 6.07) is 0. The van der Waals surface area contributed by atoms with Crippen LogP contribution in [0.3, 0.4) is 0 Å². The second-order valence-electron chi connectivity index (χ2n) is 2.04. The molecule has 0 saturated carbocycles. The molecule has 3 nitrogen and oxygen atoms in total. The van der Waals surface area contributed by atoms with Crippen LogP contribution in [0, 0.1) is 0 Å². The van der Waals surface area contributed by atoms with Crippen molar-refractivity contribution in [2.24, 2.45) is 5.73 Å². The number of hydrogen-bond donors (Lipinski definition) is 1. The van der Waals surface area contributed by atoms with E-state index in [1.165, 1.54) is 6.33 Å². The van der Waals surface area contributed by atoms with Crippen molar-refractivity contribution < 1.29 is 8.78 Å². The van der Waals surface area contributed by atoms with Gasteiger partial charge in [0.15, 0.2) is 0 Å². The van der Waals surface area contributed by atoms with Gasteiger partial charge in [-0.15, -0.1) is 0 Å². The monoisotopic (exact) mass is 159 g/mol. The molecule has 0 spiro atoms. The Balaban J connectivity index is 2.93. The van der Waals surface area contributed by atoms with Gasteiger partial charge in [-0.05, 0) is 0 Å². The van der Waals surface area contributed by atoms with Gasteiger partial charge in [-0.25, -0.2) is 9.97 Å². The Labute approximate surface area is 62.3 Å². The van der Waals surface area contributed by atoms with Gasteiger partial charge in [-0.2, -0.15) is 8.78 Å². The minimum atomic E-state index is -3.01. The summed E-state index contributed by atoms with van der Waals surface area (Å²) in [5.41, 5.74) is 4.59. The summed E-state index contributed by atoms with van der Waals surface area (Å²) in [4.78, 5) is 6.90. The Morgan fingerprint density at radius 1 is 1.36 bits per heavy atom. The molecule has 0 aliphatic rings. The maximum atomic E-state index is 12.7. The lowest BCUT2D eigenvalue weighted by atomic mass is 10.2. The van der Waals surface area contributed by atoms with Gasteiger partial charge in [0.2, 0.25) is 0 Å². The lowest BCUT2D eigenvalue weighted by Gasteiger charge is -2.11. The van der Waals surface area contributed by atoms with Gasteiger partial charge in [0.25, 0.3) is 5.92 Å². The van der Waals surface area contributed by atoms with Gasteiger partial charge in [0.05, 0.1) is 12.1 Å². The fourth-order valence-electron chi connectivity index (χ4n) is 0.606. The largest absolute Gasteiger partial charge is 0.325 e. The summed E-state index contributed by atoms with van der Waals surface area (Å²) >= 11 is 0. The van der Waals surface area contributed by atoms with Crippen molar-refractivity contribution in [2.45, 2.75) is 5.92 Å². The van der Waals surface area contributed by atoms with Gasteiger partial charge < -0.3 is 5.73 Å². The van der Waals surface area contributed by atoms with E-state index in [0.29, 0.717) is 0 Å². The van der Waals surface area contributed by atoms with Crippen molar-refractivity contribution in [3.8, 4) is 0 Å². The Bertz CT molecular complexity index is 225. The predicted molar refractivity (Wildman–Crippen MR) is 35.0 cm³/mol. The van der Waals surface area contributed by atoms with Crippen LogP contribution in [0.25, 0.3) is 0 Å². The zero-order chi connectivity index (χ0) is 8.32. The number of halogens is 2. The lowest BCUT2D eigenvalue weighted by molar-refractivity contribution is 0.00523. The molecule has 11 heavy (non-hydrogen) atoms. The number of alkyl halides is 2. The van der Waals surface area contributed by atoms with E-state index < -0.39 is 12.5 Å². The van der Waals surface area contributed by atoms with Crippen LogP contribution in [0.2, 0.25) is 0 Å². The molecule has 5 heteroatoms. The molecule has 0 fully saturated rings. The van der Waals surface area contributed by atoms with Crippen LogP contribution in [0.15, 0.2) is 18.7 Å². The third-order valence-electron chi connectivity index (χ3n) is 1.24. The summed E-state index contributed by atoms with van der Waals surface area (Å²) in [6.45, 7) is -0.722. The Morgan fingerprint density at radius 3 is 2.36 bits per heavy atom. The van der Waals surface area contributed by atoms with Crippen LogP contribution < -0.4 is 5.73 Å². The van der Waals surface area contributed by atoms with E-state index >= 15 is 0 Å².